The molecule has 0 spiro atoms. The number of unbranched alkanes of at least 4 members (excludes halogenated alkanes) is 1. The Labute approximate surface area is 157 Å². The van der Waals surface area contributed by atoms with E-state index in [2.05, 4.69) is 59.4 Å². The average molecular weight is 353 g/mol. The number of hydrogen-bond donors (Lipinski definition) is 2. The maximum Gasteiger partial charge on any atom is 0.0601 e. The van der Waals surface area contributed by atoms with Crippen molar-refractivity contribution in [2.45, 2.75) is 51.7 Å². The first-order chi connectivity index (χ1) is 12.7. The molecule has 140 valence electrons. The number of benzene rings is 1. The first kappa shape index (κ1) is 19.0. The first-order valence-corrected chi connectivity index (χ1v) is 9.85. The number of pyridine rings is 1. The Kier molecular flexibility index (Phi) is 6.78. The van der Waals surface area contributed by atoms with Gasteiger partial charge in [0.25, 0.3) is 0 Å². The zero-order valence-electron chi connectivity index (χ0n) is 16.1. The second kappa shape index (κ2) is 9.26. The van der Waals surface area contributed by atoms with Crippen LogP contribution in [0.1, 0.15) is 48.2 Å². The van der Waals surface area contributed by atoms with Gasteiger partial charge in [0, 0.05) is 31.4 Å². The predicted octanol–water partition coefficient (Wildman–Crippen LogP) is 3.21. The molecule has 4 nitrogen and oxygen atoms in total. The van der Waals surface area contributed by atoms with E-state index in [1.165, 1.54) is 22.4 Å². The number of hydrogen-bond acceptors (Lipinski definition) is 4. The molecule has 0 amide bonds. The van der Waals surface area contributed by atoms with Gasteiger partial charge >= 0.3 is 0 Å². The van der Waals surface area contributed by atoms with E-state index in [1.54, 1.807) is 0 Å². The Morgan fingerprint density at radius 3 is 2.77 bits per heavy atom. The lowest BCUT2D eigenvalue weighted by Crippen LogP contribution is -2.46. The van der Waals surface area contributed by atoms with Crippen molar-refractivity contribution in [2.75, 3.05) is 19.6 Å². The zero-order valence-corrected chi connectivity index (χ0v) is 16.1. The summed E-state index contributed by atoms with van der Waals surface area (Å²) in [5, 5.41) is 3.73. The molecule has 3 rings (SSSR count). The highest BCUT2D eigenvalue weighted by molar-refractivity contribution is 5.30. The van der Waals surface area contributed by atoms with Gasteiger partial charge in [-0.05, 0) is 69.0 Å². The van der Waals surface area contributed by atoms with Gasteiger partial charge in [-0.1, -0.05) is 30.3 Å². The van der Waals surface area contributed by atoms with Crippen molar-refractivity contribution in [1.82, 2.24) is 15.2 Å². The summed E-state index contributed by atoms with van der Waals surface area (Å²) in [7, 11) is 0. The van der Waals surface area contributed by atoms with Gasteiger partial charge in [-0.25, -0.2) is 0 Å². The van der Waals surface area contributed by atoms with E-state index >= 15 is 0 Å². The fourth-order valence-electron chi connectivity index (χ4n) is 3.94. The van der Waals surface area contributed by atoms with E-state index < -0.39 is 0 Å². The lowest BCUT2D eigenvalue weighted by molar-refractivity contribution is 0.177. The number of fused-ring (bicyclic) bond motifs is 1. The number of aromatic nitrogens is 1. The van der Waals surface area contributed by atoms with Crippen LogP contribution in [-0.4, -0.2) is 35.6 Å². The number of aryl methyl sites for hydroxylation is 1. The number of nitrogens with one attached hydrogen (secondary N) is 1. The van der Waals surface area contributed by atoms with E-state index in [-0.39, 0.29) is 0 Å². The summed E-state index contributed by atoms with van der Waals surface area (Å²) < 4.78 is 0. The summed E-state index contributed by atoms with van der Waals surface area (Å²) in [5.74, 6) is 0. The standard InChI is InChI=1S/C22H32N4/c1-17-8-7-12-24-22(17)18(2)26(13-6-5-11-23)16-21-14-19-9-3-4-10-20(19)15-25-21/h3-4,7-10,12,18,21,25H,5-6,11,13-16,23H2,1-2H3/t18-,21+/m0/s1. The average Bonchev–Trinajstić information content (AvgIpc) is 2.67. The number of rotatable bonds is 8. The molecule has 0 radical (unpaired) electrons. The highest BCUT2D eigenvalue weighted by Gasteiger charge is 2.24. The highest BCUT2D eigenvalue weighted by atomic mass is 15.2. The molecule has 1 aromatic carbocycles. The van der Waals surface area contributed by atoms with Crippen LogP contribution in [-0.2, 0) is 13.0 Å². The molecule has 2 aromatic rings. The topological polar surface area (TPSA) is 54.2 Å². The monoisotopic (exact) mass is 352 g/mol. The molecule has 0 saturated carbocycles. The molecule has 1 aromatic heterocycles. The Morgan fingerprint density at radius 1 is 1.19 bits per heavy atom. The minimum atomic E-state index is 0.313. The van der Waals surface area contributed by atoms with Crippen LogP contribution in [0.5, 0.6) is 0 Å². The summed E-state index contributed by atoms with van der Waals surface area (Å²) >= 11 is 0. The van der Waals surface area contributed by atoms with Crippen LogP contribution < -0.4 is 11.1 Å². The minimum Gasteiger partial charge on any atom is -0.330 e. The molecule has 1 aliphatic rings. The van der Waals surface area contributed by atoms with Gasteiger partial charge in [0.15, 0.2) is 0 Å². The van der Waals surface area contributed by atoms with Crippen molar-refractivity contribution in [3.05, 3.63) is 65.0 Å². The number of nitrogens with zero attached hydrogens (tertiary/aromatic N) is 2. The van der Waals surface area contributed by atoms with E-state index in [0.29, 0.717) is 12.1 Å². The molecule has 1 aliphatic heterocycles. The van der Waals surface area contributed by atoms with Crippen LogP contribution in [0.25, 0.3) is 0 Å². The quantitative estimate of drug-likeness (QED) is 0.716. The fraction of sp³-hybridized carbons (Fsp3) is 0.500. The molecule has 2 atom stereocenters. The molecule has 0 fully saturated rings. The normalized spacial score (nSPS) is 17.9. The zero-order chi connectivity index (χ0) is 18.4. The third-order valence-electron chi connectivity index (χ3n) is 5.51. The predicted molar refractivity (Wildman–Crippen MR) is 108 cm³/mol. The van der Waals surface area contributed by atoms with Crippen molar-refractivity contribution in [3.63, 3.8) is 0 Å². The molecule has 2 heterocycles. The van der Waals surface area contributed by atoms with Crippen LogP contribution in [0.2, 0.25) is 0 Å². The van der Waals surface area contributed by atoms with E-state index in [1.807, 2.05) is 12.3 Å². The minimum absolute atomic E-state index is 0.313. The molecular weight excluding hydrogens is 320 g/mol. The molecule has 0 aliphatic carbocycles. The third kappa shape index (κ3) is 4.70. The lowest BCUT2D eigenvalue weighted by atomic mass is 9.95. The van der Waals surface area contributed by atoms with Crippen LogP contribution in [0, 0.1) is 6.92 Å². The van der Waals surface area contributed by atoms with E-state index in [4.69, 9.17) is 5.73 Å². The molecular formula is C22H32N4. The fourth-order valence-corrected chi connectivity index (χ4v) is 3.94. The largest absolute Gasteiger partial charge is 0.330 e. The summed E-state index contributed by atoms with van der Waals surface area (Å²) in [6.07, 6.45) is 5.21. The summed E-state index contributed by atoms with van der Waals surface area (Å²) in [4.78, 5) is 7.25. The first-order valence-electron chi connectivity index (χ1n) is 9.85. The molecule has 0 bridgehead atoms. The lowest BCUT2D eigenvalue weighted by Gasteiger charge is -2.35. The summed E-state index contributed by atoms with van der Waals surface area (Å²) in [6.45, 7) is 8.28. The Balaban J connectivity index is 1.71. The maximum atomic E-state index is 5.72. The molecule has 26 heavy (non-hydrogen) atoms. The van der Waals surface area contributed by atoms with Gasteiger partial charge in [-0.15, -0.1) is 0 Å². The van der Waals surface area contributed by atoms with Crippen molar-refractivity contribution < 1.29 is 0 Å². The van der Waals surface area contributed by atoms with Crippen molar-refractivity contribution in [2.24, 2.45) is 5.73 Å². The summed E-state index contributed by atoms with van der Waals surface area (Å²) in [6, 6.07) is 13.8. The van der Waals surface area contributed by atoms with E-state index in [0.717, 1.165) is 45.4 Å². The van der Waals surface area contributed by atoms with Gasteiger partial charge in [-0.3, -0.25) is 9.88 Å². The molecule has 0 saturated heterocycles. The van der Waals surface area contributed by atoms with Gasteiger partial charge in [0.2, 0.25) is 0 Å². The summed E-state index contributed by atoms with van der Waals surface area (Å²) in [5.41, 5.74) is 11.1. The maximum absolute atomic E-state index is 5.72. The van der Waals surface area contributed by atoms with Gasteiger partial charge < -0.3 is 11.1 Å². The van der Waals surface area contributed by atoms with Crippen LogP contribution >= 0.6 is 0 Å². The smallest absolute Gasteiger partial charge is 0.0601 e. The molecule has 0 unspecified atom stereocenters. The Morgan fingerprint density at radius 2 is 2.00 bits per heavy atom. The molecule has 3 N–H and O–H groups in total. The van der Waals surface area contributed by atoms with Crippen LogP contribution in [0.15, 0.2) is 42.6 Å². The van der Waals surface area contributed by atoms with Gasteiger partial charge in [0.1, 0.15) is 0 Å². The van der Waals surface area contributed by atoms with Crippen molar-refractivity contribution >= 4 is 0 Å². The van der Waals surface area contributed by atoms with Crippen molar-refractivity contribution in [3.8, 4) is 0 Å². The Bertz CT molecular complexity index is 700. The second-order valence-corrected chi connectivity index (χ2v) is 7.42. The van der Waals surface area contributed by atoms with Gasteiger partial charge in [0.05, 0.1) is 5.69 Å². The van der Waals surface area contributed by atoms with E-state index in [9.17, 15) is 0 Å². The highest BCUT2D eigenvalue weighted by Crippen LogP contribution is 2.24. The SMILES string of the molecule is Cc1cccnc1[C@H](C)N(CCCCN)C[C@H]1Cc2ccccc2CN1. The Hall–Kier alpha value is -1.75. The third-order valence-corrected chi connectivity index (χ3v) is 5.51. The van der Waals surface area contributed by atoms with Crippen LogP contribution in [0.3, 0.4) is 0 Å². The molecule has 4 heteroatoms. The number of nitrogens with two attached hydrogens (primary N) is 1. The van der Waals surface area contributed by atoms with Crippen LogP contribution in [0.4, 0.5) is 0 Å². The van der Waals surface area contributed by atoms with Crippen molar-refractivity contribution in [1.29, 1.82) is 0 Å². The van der Waals surface area contributed by atoms with Gasteiger partial charge in [-0.2, -0.15) is 0 Å². The second-order valence-electron chi connectivity index (χ2n) is 7.42.